The lowest BCUT2D eigenvalue weighted by atomic mass is 10.2. The normalized spacial score (nSPS) is 12.0. The minimum absolute atomic E-state index is 0.0562. The number of aromatic nitrogens is 1. The first-order chi connectivity index (χ1) is 10.6. The molecule has 2 N–H and O–H groups in total. The number of amides is 1. The molecule has 0 atom stereocenters. The van der Waals surface area contributed by atoms with Gasteiger partial charge < -0.3 is 19.9 Å². The third-order valence-corrected chi connectivity index (χ3v) is 3.09. The second-order valence-corrected chi connectivity index (χ2v) is 4.58. The Hall–Kier alpha value is -3.09. The number of hydrogen-bond acceptors (Lipinski definition) is 5. The van der Waals surface area contributed by atoms with Crippen LogP contribution in [0.2, 0.25) is 0 Å². The molecule has 1 amide bonds. The second kappa shape index (κ2) is 5.72. The number of nitrogens with zero attached hydrogens (tertiary/aromatic N) is 1. The molecule has 1 aliphatic heterocycles. The third-order valence-electron chi connectivity index (χ3n) is 3.09. The monoisotopic (exact) mass is 300 g/mol. The Bertz CT molecular complexity index is 744. The number of benzene rings is 1. The summed E-state index contributed by atoms with van der Waals surface area (Å²) in [6.07, 6.45) is 0. The molecular formula is C15H12N2O5. The summed E-state index contributed by atoms with van der Waals surface area (Å²) in [7, 11) is 0. The maximum absolute atomic E-state index is 12.0. The molecule has 0 bridgehead atoms. The van der Waals surface area contributed by atoms with Crippen molar-refractivity contribution < 1.29 is 24.2 Å². The molecule has 0 aliphatic carbocycles. The fourth-order valence-electron chi connectivity index (χ4n) is 2.00. The summed E-state index contributed by atoms with van der Waals surface area (Å²) in [5, 5.41) is 11.6. The predicted octanol–water partition coefficient (Wildman–Crippen LogP) is 1.44. The van der Waals surface area contributed by atoms with Crippen molar-refractivity contribution in [2.24, 2.45) is 0 Å². The number of hydrogen-bond donors (Lipinski definition) is 2. The number of nitrogens with one attached hydrogen (secondary N) is 1. The maximum Gasteiger partial charge on any atom is 0.354 e. The lowest BCUT2D eigenvalue weighted by Crippen LogP contribution is -2.24. The molecule has 0 saturated carbocycles. The lowest BCUT2D eigenvalue weighted by molar-refractivity contribution is 0.0690. The summed E-state index contributed by atoms with van der Waals surface area (Å²) in [5.74, 6) is -0.310. The van der Waals surface area contributed by atoms with Gasteiger partial charge in [-0.3, -0.25) is 4.79 Å². The lowest BCUT2D eigenvalue weighted by Gasteiger charge is -2.06. The molecule has 1 aromatic carbocycles. The maximum atomic E-state index is 12.0. The van der Waals surface area contributed by atoms with E-state index < -0.39 is 11.9 Å². The Labute approximate surface area is 125 Å². The molecule has 22 heavy (non-hydrogen) atoms. The smallest absolute Gasteiger partial charge is 0.354 e. The van der Waals surface area contributed by atoms with E-state index >= 15 is 0 Å². The summed E-state index contributed by atoms with van der Waals surface area (Å²) in [6, 6.07) is 9.63. The van der Waals surface area contributed by atoms with Crippen LogP contribution in [0.3, 0.4) is 0 Å². The van der Waals surface area contributed by atoms with Gasteiger partial charge in [-0.25, -0.2) is 9.78 Å². The van der Waals surface area contributed by atoms with Crippen LogP contribution in [0.4, 0.5) is 0 Å². The van der Waals surface area contributed by atoms with Gasteiger partial charge >= 0.3 is 5.97 Å². The molecule has 1 aliphatic rings. The van der Waals surface area contributed by atoms with Crippen LogP contribution in [0.5, 0.6) is 11.5 Å². The number of rotatable bonds is 4. The fraction of sp³-hybridized carbons (Fsp3) is 0.133. The van der Waals surface area contributed by atoms with E-state index in [0.717, 1.165) is 5.56 Å². The van der Waals surface area contributed by atoms with E-state index in [-0.39, 0.29) is 24.7 Å². The first-order valence-corrected chi connectivity index (χ1v) is 6.50. The Morgan fingerprint density at radius 1 is 1.14 bits per heavy atom. The molecule has 7 heteroatoms. The molecule has 7 nitrogen and oxygen atoms in total. The molecule has 0 radical (unpaired) electrons. The highest BCUT2D eigenvalue weighted by atomic mass is 16.7. The van der Waals surface area contributed by atoms with Crippen LogP contribution in [0.1, 0.15) is 26.5 Å². The van der Waals surface area contributed by atoms with Crippen LogP contribution < -0.4 is 14.8 Å². The molecule has 0 spiro atoms. The zero-order chi connectivity index (χ0) is 15.5. The van der Waals surface area contributed by atoms with Crippen molar-refractivity contribution >= 4 is 11.9 Å². The van der Waals surface area contributed by atoms with Gasteiger partial charge in [0.25, 0.3) is 5.91 Å². The fourth-order valence-corrected chi connectivity index (χ4v) is 2.00. The van der Waals surface area contributed by atoms with Crippen molar-refractivity contribution in [1.82, 2.24) is 10.3 Å². The molecule has 3 rings (SSSR count). The van der Waals surface area contributed by atoms with Crippen LogP contribution in [0, 0.1) is 0 Å². The van der Waals surface area contributed by atoms with Crippen LogP contribution in [0.15, 0.2) is 36.4 Å². The SMILES string of the molecule is O=C(O)c1cccc(C(=O)NCc2ccc3c(c2)OCO3)n1. The highest BCUT2D eigenvalue weighted by Gasteiger charge is 2.14. The molecule has 1 aromatic heterocycles. The molecule has 0 saturated heterocycles. The van der Waals surface area contributed by atoms with Gasteiger partial charge in [0.2, 0.25) is 6.79 Å². The first kappa shape index (κ1) is 13.9. The number of carbonyl (C=O) groups is 2. The van der Waals surface area contributed by atoms with Gasteiger partial charge in [-0.2, -0.15) is 0 Å². The Balaban J connectivity index is 1.67. The molecule has 2 heterocycles. The standard InChI is InChI=1S/C15H12N2O5/c18-14(10-2-1-3-11(17-10)15(19)20)16-7-9-4-5-12-13(6-9)22-8-21-12/h1-6H,7-8H2,(H,16,18)(H,19,20). The van der Waals surface area contributed by atoms with E-state index in [0.29, 0.717) is 11.5 Å². The number of carboxylic acids is 1. The van der Waals surface area contributed by atoms with Crippen molar-refractivity contribution in [1.29, 1.82) is 0 Å². The minimum atomic E-state index is -1.18. The average Bonchev–Trinajstić information content (AvgIpc) is 3.00. The van der Waals surface area contributed by atoms with Crippen molar-refractivity contribution in [2.45, 2.75) is 6.54 Å². The largest absolute Gasteiger partial charge is 0.477 e. The van der Waals surface area contributed by atoms with Crippen molar-refractivity contribution in [3.8, 4) is 11.5 Å². The number of ether oxygens (including phenoxy) is 2. The number of fused-ring (bicyclic) bond motifs is 1. The molecule has 2 aromatic rings. The highest BCUT2D eigenvalue weighted by molar-refractivity contribution is 5.94. The van der Waals surface area contributed by atoms with Gasteiger partial charge in [-0.15, -0.1) is 0 Å². The molecule has 0 unspecified atom stereocenters. The van der Waals surface area contributed by atoms with Gasteiger partial charge in [-0.1, -0.05) is 12.1 Å². The second-order valence-electron chi connectivity index (χ2n) is 4.58. The summed E-state index contributed by atoms with van der Waals surface area (Å²) in [6.45, 7) is 0.464. The van der Waals surface area contributed by atoms with E-state index in [1.54, 1.807) is 12.1 Å². The number of carbonyl (C=O) groups excluding carboxylic acids is 1. The zero-order valence-electron chi connectivity index (χ0n) is 11.4. The molecule has 0 fully saturated rings. The van der Waals surface area contributed by atoms with Gasteiger partial charge in [0.1, 0.15) is 11.4 Å². The van der Waals surface area contributed by atoms with Crippen LogP contribution in [-0.2, 0) is 6.54 Å². The number of pyridine rings is 1. The average molecular weight is 300 g/mol. The summed E-state index contributed by atoms with van der Waals surface area (Å²) >= 11 is 0. The van der Waals surface area contributed by atoms with E-state index in [4.69, 9.17) is 14.6 Å². The van der Waals surface area contributed by atoms with E-state index in [2.05, 4.69) is 10.3 Å². The van der Waals surface area contributed by atoms with E-state index in [9.17, 15) is 9.59 Å². The Morgan fingerprint density at radius 2 is 1.91 bits per heavy atom. The van der Waals surface area contributed by atoms with Crippen molar-refractivity contribution in [3.05, 3.63) is 53.3 Å². The number of carboxylic acid groups (broad SMARTS) is 1. The first-order valence-electron chi connectivity index (χ1n) is 6.50. The Kier molecular flexibility index (Phi) is 3.61. The van der Waals surface area contributed by atoms with E-state index in [1.807, 2.05) is 6.07 Å². The van der Waals surface area contributed by atoms with Crippen molar-refractivity contribution in [3.63, 3.8) is 0 Å². The van der Waals surface area contributed by atoms with Crippen LogP contribution in [-0.4, -0.2) is 28.8 Å². The minimum Gasteiger partial charge on any atom is -0.477 e. The van der Waals surface area contributed by atoms with E-state index in [1.165, 1.54) is 18.2 Å². The van der Waals surface area contributed by atoms with Crippen molar-refractivity contribution in [2.75, 3.05) is 6.79 Å². The van der Waals surface area contributed by atoms with Gasteiger partial charge in [0.05, 0.1) is 0 Å². The molecule has 112 valence electrons. The Morgan fingerprint density at radius 3 is 2.73 bits per heavy atom. The van der Waals surface area contributed by atoms with Gasteiger partial charge in [0, 0.05) is 6.54 Å². The van der Waals surface area contributed by atoms with Crippen LogP contribution in [0.25, 0.3) is 0 Å². The van der Waals surface area contributed by atoms with Crippen LogP contribution >= 0.6 is 0 Å². The van der Waals surface area contributed by atoms with Gasteiger partial charge in [-0.05, 0) is 29.8 Å². The summed E-state index contributed by atoms with van der Waals surface area (Å²) in [5.41, 5.74) is 0.725. The topological polar surface area (TPSA) is 97.8 Å². The zero-order valence-corrected chi connectivity index (χ0v) is 11.4. The predicted molar refractivity (Wildman–Crippen MR) is 74.9 cm³/mol. The molecular weight excluding hydrogens is 288 g/mol. The highest BCUT2D eigenvalue weighted by Crippen LogP contribution is 2.32. The number of aromatic carboxylic acids is 1. The quantitative estimate of drug-likeness (QED) is 0.886. The van der Waals surface area contributed by atoms with Gasteiger partial charge in [0.15, 0.2) is 11.5 Å². The third kappa shape index (κ3) is 2.83. The summed E-state index contributed by atoms with van der Waals surface area (Å²) < 4.78 is 10.5. The summed E-state index contributed by atoms with van der Waals surface area (Å²) in [4.78, 5) is 26.6.